The lowest BCUT2D eigenvalue weighted by Crippen LogP contribution is -2.27. The van der Waals surface area contributed by atoms with Gasteiger partial charge < -0.3 is 5.11 Å². The molecule has 2 nitrogen and oxygen atoms in total. The highest BCUT2D eigenvalue weighted by Gasteiger charge is 2.28. The van der Waals surface area contributed by atoms with Gasteiger partial charge in [0.05, 0.1) is 5.41 Å². The first-order valence-electron chi connectivity index (χ1n) is 6.25. The maximum absolute atomic E-state index is 11.2. The third-order valence-electron chi connectivity index (χ3n) is 3.33. The Morgan fingerprint density at radius 2 is 1.65 bits per heavy atom. The molecule has 0 unspecified atom stereocenters. The van der Waals surface area contributed by atoms with Crippen LogP contribution in [0.4, 0.5) is 0 Å². The number of aryl methyl sites for hydroxylation is 2. The van der Waals surface area contributed by atoms with Gasteiger partial charge in [-0.15, -0.1) is 0 Å². The highest BCUT2D eigenvalue weighted by molar-refractivity contribution is 5.74. The fraction of sp³-hybridized carbons (Fsp3) is 0.533. The van der Waals surface area contributed by atoms with E-state index in [1.807, 2.05) is 0 Å². The van der Waals surface area contributed by atoms with Gasteiger partial charge in [-0.1, -0.05) is 32.0 Å². The number of carboxylic acids is 1. The van der Waals surface area contributed by atoms with Gasteiger partial charge in [0.1, 0.15) is 0 Å². The molecule has 17 heavy (non-hydrogen) atoms. The number of aliphatic carboxylic acids is 1. The Morgan fingerprint density at radius 3 is 2.00 bits per heavy atom. The zero-order valence-electron chi connectivity index (χ0n) is 11.2. The third kappa shape index (κ3) is 3.09. The van der Waals surface area contributed by atoms with Crippen LogP contribution in [0.15, 0.2) is 18.2 Å². The predicted octanol–water partition coefficient (Wildman–Crippen LogP) is 3.46. The lowest BCUT2D eigenvalue weighted by molar-refractivity contribution is -0.146. The van der Waals surface area contributed by atoms with Gasteiger partial charge in [0.25, 0.3) is 0 Å². The van der Waals surface area contributed by atoms with Crippen LogP contribution in [0.2, 0.25) is 0 Å². The lowest BCUT2D eigenvalue weighted by Gasteiger charge is -2.23. The molecule has 0 radical (unpaired) electrons. The molecule has 0 aromatic heterocycles. The van der Waals surface area contributed by atoms with Gasteiger partial charge in [0.15, 0.2) is 0 Å². The Morgan fingerprint density at radius 1 is 1.18 bits per heavy atom. The maximum atomic E-state index is 11.2. The number of carbonyl (C=O) groups is 1. The summed E-state index contributed by atoms with van der Waals surface area (Å²) >= 11 is 0. The van der Waals surface area contributed by atoms with Crippen LogP contribution < -0.4 is 0 Å². The summed E-state index contributed by atoms with van der Waals surface area (Å²) in [5.74, 6) is -0.731. The molecule has 1 aromatic carbocycles. The van der Waals surface area contributed by atoms with E-state index in [1.54, 1.807) is 13.8 Å². The first kappa shape index (κ1) is 13.8. The molecule has 0 aliphatic heterocycles. The van der Waals surface area contributed by atoms with Gasteiger partial charge in [0, 0.05) is 0 Å². The second-order valence-electron chi connectivity index (χ2n) is 5.13. The number of rotatable bonds is 5. The maximum Gasteiger partial charge on any atom is 0.309 e. The average molecular weight is 234 g/mol. The molecule has 0 fully saturated rings. The molecule has 1 rings (SSSR count). The van der Waals surface area contributed by atoms with Crippen molar-refractivity contribution in [3.63, 3.8) is 0 Å². The van der Waals surface area contributed by atoms with Crippen molar-refractivity contribution >= 4 is 5.97 Å². The van der Waals surface area contributed by atoms with Crippen molar-refractivity contribution in [2.75, 3.05) is 0 Å². The minimum atomic E-state index is -0.731. The molecule has 0 saturated carbocycles. The van der Waals surface area contributed by atoms with Crippen molar-refractivity contribution in [3.8, 4) is 0 Å². The van der Waals surface area contributed by atoms with Crippen molar-refractivity contribution in [1.29, 1.82) is 0 Å². The predicted molar refractivity (Wildman–Crippen MR) is 70.3 cm³/mol. The molecule has 1 N–H and O–H groups in total. The van der Waals surface area contributed by atoms with E-state index in [2.05, 4.69) is 32.0 Å². The minimum Gasteiger partial charge on any atom is -0.481 e. The molecule has 0 aliphatic carbocycles. The molecule has 0 spiro atoms. The highest BCUT2D eigenvalue weighted by Crippen LogP contribution is 2.27. The fourth-order valence-corrected chi connectivity index (χ4v) is 2.09. The average Bonchev–Trinajstić information content (AvgIpc) is 2.28. The van der Waals surface area contributed by atoms with Crippen LogP contribution in [0.5, 0.6) is 0 Å². The number of hydrogen-bond acceptors (Lipinski definition) is 1. The van der Waals surface area contributed by atoms with Gasteiger partial charge in [-0.3, -0.25) is 4.79 Å². The Labute approximate surface area is 104 Å². The molecule has 0 aliphatic rings. The van der Waals surface area contributed by atoms with Crippen molar-refractivity contribution in [2.24, 2.45) is 5.41 Å². The van der Waals surface area contributed by atoms with Gasteiger partial charge >= 0.3 is 5.97 Å². The summed E-state index contributed by atoms with van der Waals surface area (Å²) in [4.78, 5) is 11.2. The topological polar surface area (TPSA) is 37.3 Å². The van der Waals surface area contributed by atoms with E-state index in [9.17, 15) is 9.90 Å². The quantitative estimate of drug-likeness (QED) is 0.847. The monoisotopic (exact) mass is 234 g/mol. The molecule has 0 heterocycles. The largest absolute Gasteiger partial charge is 0.481 e. The van der Waals surface area contributed by atoms with Gasteiger partial charge in [-0.25, -0.2) is 0 Å². The SMILES string of the molecule is CCc1cccc(CC)c1CC(C)(C)C(=O)O. The standard InChI is InChI=1S/C15H22O2/c1-5-11-8-7-9-12(6-2)13(11)10-15(3,4)14(16)17/h7-9H,5-6,10H2,1-4H3,(H,16,17). The first-order chi connectivity index (χ1) is 7.92. The molecular formula is C15H22O2. The Kier molecular flexibility index (Phi) is 4.33. The zero-order chi connectivity index (χ0) is 13.1. The van der Waals surface area contributed by atoms with Gasteiger partial charge in [-0.05, 0) is 49.8 Å². The molecule has 0 saturated heterocycles. The summed E-state index contributed by atoms with van der Waals surface area (Å²) in [5, 5.41) is 9.23. The lowest BCUT2D eigenvalue weighted by atomic mass is 9.81. The zero-order valence-corrected chi connectivity index (χ0v) is 11.2. The second-order valence-corrected chi connectivity index (χ2v) is 5.13. The Hall–Kier alpha value is -1.31. The molecule has 0 atom stereocenters. The van der Waals surface area contributed by atoms with E-state index < -0.39 is 11.4 Å². The number of carboxylic acid groups (broad SMARTS) is 1. The molecule has 0 amide bonds. The molecule has 94 valence electrons. The van der Waals surface area contributed by atoms with E-state index in [-0.39, 0.29) is 0 Å². The van der Waals surface area contributed by atoms with Crippen LogP contribution in [-0.4, -0.2) is 11.1 Å². The van der Waals surface area contributed by atoms with E-state index in [1.165, 1.54) is 16.7 Å². The first-order valence-corrected chi connectivity index (χ1v) is 6.25. The van der Waals surface area contributed by atoms with Gasteiger partial charge in [0.2, 0.25) is 0 Å². The summed E-state index contributed by atoms with van der Waals surface area (Å²) < 4.78 is 0. The van der Waals surface area contributed by atoms with Gasteiger partial charge in [-0.2, -0.15) is 0 Å². The fourth-order valence-electron chi connectivity index (χ4n) is 2.09. The van der Waals surface area contributed by atoms with Crippen LogP contribution in [-0.2, 0) is 24.1 Å². The van der Waals surface area contributed by atoms with Crippen LogP contribution >= 0.6 is 0 Å². The van der Waals surface area contributed by atoms with Crippen molar-refractivity contribution in [3.05, 3.63) is 34.9 Å². The molecule has 1 aromatic rings. The Balaban J connectivity index is 3.16. The summed E-state index contributed by atoms with van der Waals surface area (Å²) in [7, 11) is 0. The molecular weight excluding hydrogens is 212 g/mol. The minimum absolute atomic E-state index is 0.607. The van der Waals surface area contributed by atoms with E-state index in [4.69, 9.17) is 0 Å². The highest BCUT2D eigenvalue weighted by atomic mass is 16.4. The summed E-state index contributed by atoms with van der Waals surface area (Å²) in [5.41, 5.74) is 3.08. The second kappa shape index (κ2) is 5.35. The third-order valence-corrected chi connectivity index (χ3v) is 3.33. The molecule has 2 heteroatoms. The van der Waals surface area contributed by atoms with Crippen LogP contribution in [0.1, 0.15) is 44.4 Å². The van der Waals surface area contributed by atoms with Crippen LogP contribution in [0.25, 0.3) is 0 Å². The summed E-state index contributed by atoms with van der Waals surface area (Å²) in [6.45, 7) is 7.82. The normalized spacial score (nSPS) is 11.5. The Bertz CT molecular complexity index is 383. The number of benzene rings is 1. The summed E-state index contributed by atoms with van der Waals surface area (Å²) in [6, 6.07) is 6.27. The molecule has 0 bridgehead atoms. The smallest absolute Gasteiger partial charge is 0.309 e. The van der Waals surface area contributed by atoms with Crippen molar-refractivity contribution < 1.29 is 9.90 Å². The summed E-state index contributed by atoms with van der Waals surface area (Å²) in [6.07, 6.45) is 2.52. The van der Waals surface area contributed by atoms with Crippen molar-refractivity contribution in [2.45, 2.75) is 47.0 Å². The van der Waals surface area contributed by atoms with E-state index in [0.717, 1.165) is 12.8 Å². The van der Waals surface area contributed by atoms with Crippen LogP contribution in [0, 0.1) is 5.41 Å². The van der Waals surface area contributed by atoms with Crippen molar-refractivity contribution in [1.82, 2.24) is 0 Å². The van der Waals surface area contributed by atoms with E-state index in [0.29, 0.717) is 6.42 Å². The van der Waals surface area contributed by atoms with Crippen LogP contribution in [0.3, 0.4) is 0 Å². The number of hydrogen-bond donors (Lipinski definition) is 1. The van der Waals surface area contributed by atoms with E-state index >= 15 is 0 Å².